The summed E-state index contributed by atoms with van der Waals surface area (Å²) in [5.74, 6) is 8.22. The first-order valence-electron chi connectivity index (χ1n) is 24.7. The van der Waals surface area contributed by atoms with Gasteiger partial charge in [0.1, 0.15) is 41.6 Å². The van der Waals surface area contributed by atoms with Crippen molar-refractivity contribution in [1.82, 2.24) is 9.97 Å². The summed E-state index contributed by atoms with van der Waals surface area (Å²) in [7, 11) is -0.395. The quantitative estimate of drug-likeness (QED) is 0.00664. The fraction of sp³-hybridized carbons (Fsp3) is 0.596. The second-order valence-electron chi connectivity index (χ2n) is 15.8. The van der Waals surface area contributed by atoms with Crippen molar-refractivity contribution in [2.45, 2.75) is 18.6 Å². The monoisotopic (exact) mass is 1250 g/mol. The number of rotatable bonds is 46. The molecular formula is C47H74ClN10O18P2Y-. The van der Waals surface area contributed by atoms with E-state index in [0.29, 0.717) is 179 Å². The number of aromatic nitrogens is 2. The molecule has 1 saturated heterocycles. The molecule has 2 unspecified atom stereocenters. The van der Waals surface area contributed by atoms with Gasteiger partial charge in [0, 0.05) is 86.3 Å². The topological polar surface area (TPSA) is 363 Å². The molecule has 0 spiro atoms. The number of ether oxygens (including phenoxy) is 11. The molecule has 2 aromatic carbocycles. The van der Waals surface area contributed by atoms with Gasteiger partial charge in [-0.25, -0.2) is 5.26 Å². The van der Waals surface area contributed by atoms with Crippen LogP contribution in [0.1, 0.15) is 12.0 Å². The Hall–Kier alpha value is -3.58. The maximum Gasteiger partial charge on any atom is 0.269 e. The number of anilines is 2. The van der Waals surface area contributed by atoms with Gasteiger partial charge in [-0.1, -0.05) is 0 Å². The van der Waals surface area contributed by atoms with Crippen molar-refractivity contribution in [3.63, 3.8) is 0 Å². The molecule has 28 nitrogen and oxygen atoms in total. The molecule has 1 radical (unpaired) electrons. The van der Waals surface area contributed by atoms with Gasteiger partial charge in [0.05, 0.1) is 148 Å². The van der Waals surface area contributed by atoms with Gasteiger partial charge in [-0.2, -0.15) is 15.1 Å². The smallest absolute Gasteiger partial charge is 0.269 e. The number of nitrogens with one attached hydrogen (secondary N) is 3. The molecule has 0 amide bonds. The van der Waals surface area contributed by atoms with Crippen LogP contribution in [0.5, 0.6) is 17.2 Å². The predicted molar refractivity (Wildman–Crippen MR) is 295 cm³/mol. The van der Waals surface area contributed by atoms with Crippen LogP contribution in [0.3, 0.4) is 0 Å². The van der Waals surface area contributed by atoms with Crippen molar-refractivity contribution in [1.29, 1.82) is 5.41 Å². The van der Waals surface area contributed by atoms with Crippen molar-refractivity contribution in [2.75, 3.05) is 175 Å². The van der Waals surface area contributed by atoms with Crippen LogP contribution in [-0.2, 0) is 79.9 Å². The van der Waals surface area contributed by atoms with Crippen LogP contribution < -0.4 is 30.4 Å². The van der Waals surface area contributed by atoms with Crippen LogP contribution >= 0.6 is 28.8 Å². The zero-order valence-corrected chi connectivity index (χ0v) is 49.7. The summed E-state index contributed by atoms with van der Waals surface area (Å²) in [6, 6.07) is 12.5. The van der Waals surface area contributed by atoms with E-state index in [0.717, 1.165) is 0 Å². The third kappa shape index (κ3) is 33.8. The molecule has 4 rings (SSSR count). The largest absolute Gasteiger partial charge is 0.676 e. The Labute approximate surface area is 493 Å². The number of hydrogen-bond donors (Lipinski definition) is 6. The Balaban J connectivity index is 0.00000158. The number of halogens is 1. The van der Waals surface area contributed by atoms with E-state index in [1.807, 2.05) is 29.2 Å². The van der Waals surface area contributed by atoms with E-state index in [2.05, 4.69) is 30.3 Å². The van der Waals surface area contributed by atoms with Gasteiger partial charge in [0.25, 0.3) is 5.69 Å². The van der Waals surface area contributed by atoms with E-state index in [9.17, 15) is 10.1 Å². The van der Waals surface area contributed by atoms with Crippen LogP contribution in [0.15, 0.2) is 58.6 Å². The SMILES string of the molecule is COC(CCNc1nc(Cl)nc(N2CC(Oc3ccc(OCCOCCOCCOCCOC/C(C=NCCOCCOCCOCCOCC[NH-])=N/N)cc3)C2)c1C=N)COPCP(O)O.O=[N+]([O-])c1ccc(OO)cc1.[Y]. The van der Waals surface area contributed by atoms with Crippen LogP contribution in [0.25, 0.3) is 5.73 Å². The second kappa shape index (κ2) is 47.0. The zero-order chi connectivity index (χ0) is 56.3. The summed E-state index contributed by atoms with van der Waals surface area (Å²) in [6.45, 7) is 9.81. The summed E-state index contributed by atoms with van der Waals surface area (Å²) in [5, 5.41) is 33.2. The molecular weight excluding hydrogens is 1180 g/mol. The Morgan fingerprint density at radius 3 is 1.95 bits per heavy atom. The first kappa shape index (κ1) is 71.5. The number of aliphatic imine (C=N–C) groups is 1. The molecule has 1 fully saturated rings. The molecule has 1 aromatic heterocycles. The average Bonchev–Trinajstić information content (AvgIpc) is 3.45. The molecule has 1 aliphatic rings. The summed E-state index contributed by atoms with van der Waals surface area (Å²) in [5.41, 5.74) is 7.97. The maximum atomic E-state index is 10.1. The van der Waals surface area contributed by atoms with Crippen molar-refractivity contribution >= 4 is 64.2 Å². The number of methoxy groups -OCH3 is 1. The molecule has 441 valence electrons. The van der Waals surface area contributed by atoms with E-state index in [1.54, 1.807) is 13.3 Å². The second-order valence-corrected chi connectivity index (χ2v) is 18.8. The molecule has 2 heterocycles. The zero-order valence-electron chi connectivity index (χ0n) is 44.2. The van der Waals surface area contributed by atoms with Gasteiger partial charge in [-0.3, -0.25) is 15.1 Å². The van der Waals surface area contributed by atoms with Crippen molar-refractivity contribution in [3.05, 3.63) is 75.2 Å². The first-order chi connectivity index (χ1) is 38.1. The number of benzene rings is 2. The van der Waals surface area contributed by atoms with E-state index >= 15 is 0 Å². The van der Waals surface area contributed by atoms with Crippen molar-refractivity contribution in [3.8, 4) is 17.2 Å². The summed E-state index contributed by atoms with van der Waals surface area (Å²) >= 11 is 6.28. The standard InChI is InChI=1S/C41H69ClN9O14P2.C6H5NO4.Y/c1-54-36(31-64-66-32-67(52)53)6-8-47-39-38(26-44)40(49-41(42)48-39)51-28-37(29-51)65-35-4-2-34(3-5-35)63-25-24-61-21-20-59-18-19-60-22-23-62-30-33(50-45)27-46-9-11-56-13-15-58-17-16-57-14-12-55-10-7-43;8-7(9)5-1-3-6(11-10)4-2-5;/h2-5,26-27,36-37,43-44,52-53,66H,6-25,28-32,45H2,1H3,(H,47,48,49);1-4,10H;/q-1;;/b44-26?,46-27?,50-33+;;. The number of nitro groups is 1. The Bertz CT molecular complexity index is 2100. The predicted octanol–water partition coefficient (Wildman–Crippen LogP) is 4.47. The Morgan fingerprint density at radius 1 is 0.873 bits per heavy atom. The van der Waals surface area contributed by atoms with E-state index in [-0.39, 0.29) is 89.5 Å². The van der Waals surface area contributed by atoms with Crippen molar-refractivity contribution in [2.24, 2.45) is 15.9 Å². The molecule has 8 N–H and O–H groups in total. The van der Waals surface area contributed by atoms with Gasteiger partial charge < -0.3 is 98.5 Å². The van der Waals surface area contributed by atoms with Crippen LogP contribution in [0.2, 0.25) is 5.28 Å². The number of nitrogens with zero attached hydrogens (tertiary/aromatic N) is 6. The summed E-state index contributed by atoms with van der Waals surface area (Å²) < 4.78 is 66.6. The van der Waals surface area contributed by atoms with E-state index in [1.165, 1.54) is 30.5 Å². The normalized spacial score (nSPS) is 13.1. The minimum Gasteiger partial charge on any atom is -0.676 e. The number of hydrazone groups is 1. The molecule has 0 saturated carbocycles. The van der Waals surface area contributed by atoms with Gasteiger partial charge in [-0.15, -0.1) is 6.54 Å². The maximum absolute atomic E-state index is 10.1. The van der Waals surface area contributed by atoms with Crippen molar-refractivity contribution < 1.29 is 114 Å². The molecule has 79 heavy (non-hydrogen) atoms. The van der Waals surface area contributed by atoms with E-state index < -0.39 is 13.3 Å². The summed E-state index contributed by atoms with van der Waals surface area (Å²) in [6.07, 6.45) is 3.06. The number of nitro benzene ring substituents is 1. The molecule has 0 aliphatic carbocycles. The summed E-state index contributed by atoms with van der Waals surface area (Å²) in [4.78, 5) is 46.4. The van der Waals surface area contributed by atoms with Crippen LogP contribution in [0.4, 0.5) is 17.3 Å². The molecule has 32 heteroatoms. The number of nitrogens with two attached hydrogens (primary N) is 1. The van der Waals surface area contributed by atoms with Gasteiger partial charge >= 0.3 is 0 Å². The minimum atomic E-state index is -1.97. The minimum absolute atomic E-state index is 0. The third-order valence-corrected chi connectivity index (χ3v) is 12.3. The number of hydrogen-bond acceptors (Lipinski definition) is 26. The average molecular weight is 1250 g/mol. The van der Waals surface area contributed by atoms with Gasteiger partial charge in [-0.05, 0) is 54.4 Å². The molecule has 0 bridgehead atoms. The fourth-order valence-electron chi connectivity index (χ4n) is 6.22. The molecule has 3 aromatic rings. The molecule has 1 aliphatic heterocycles. The Kier molecular flexibility index (Phi) is 42.5. The van der Waals surface area contributed by atoms with Gasteiger partial charge in [0.2, 0.25) is 5.28 Å². The van der Waals surface area contributed by atoms with E-state index in [4.69, 9.17) is 100 Å². The fourth-order valence-corrected chi connectivity index (χ4v) is 7.52. The first-order valence-corrected chi connectivity index (χ1v) is 27.6. The third-order valence-electron chi connectivity index (χ3n) is 10.1. The van der Waals surface area contributed by atoms with Gasteiger partial charge in [0.15, 0.2) is 14.1 Å². The Morgan fingerprint density at radius 2 is 1.42 bits per heavy atom. The van der Waals surface area contributed by atoms with Crippen LogP contribution in [0, 0.1) is 15.5 Å². The molecule has 2 atom stereocenters. The van der Waals surface area contributed by atoms with Crippen LogP contribution in [-0.4, -0.2) is 225 Å². The number of non-ortho nitro benzene ring substituents is 1.